The maximum absolute atomic E-state index is 12.4. The minimum Gasteiger partial charge on any atom is -0.489 e. The van der Waals surface area contributed by atoms with Crippen LogP contribution in [0.4, 0.5) is 5.69 Å². The Balaban J connectivity index is 1.95. The van der Waals surface area contributed by atoms with E-state index < -0.39 is 6.10 Å². The van der Waals surface area contributed by atoms with Gasteiger partial charge in [0.25, 0.3) is 5.91 Å². The van der Waals surface area contributed by atoms with Crippen LogP contribution in [0.1, 0.15) is 40.2 Å². The topological polar surface area (TPSA) is 47.6 Å². The number of ether oxygens (including phenoxy) is 2. The van der Waals surface area contributed by atoms with Gasteiger partial charge in [-0.05, 0) is 54.7 Å². The largest absolute Gasteiger partial charge is 0.489 e. The molecule has 1 amide bonds. The van der Waals surface area contributed by atoms with E-state index in [1.807, 2.05) is 49.4 Å². The fourth-order valence-corrected chi connectivity index (χ4v) is 2.41. The zero-order chi connectivity index (χ0) is 20.0. The van der Waals surface area contributed by atoms with Crippen molar-refractivity contribution >= 4 is 11.6 Å². The number of nitrogens with one attached hydrogen (secondary N) is 1. The second kappa shape index (κ2) is 8.76. The van der Waals surface area contributed by atoms with Crippen LogP contribution in [0.5, 0.6) is 11.5 Å². The normalized spacial score (nSPS) is 12.2. The molecule has 0 aliphatic rings. The molecule has 1 N–H and O–H groups in total. The monoisotopic (exact) mass is 367 g/mol. The van der Waals surface area contributed by atoms with Gasteiger partial charge in [-0.25, -0.2) is 0 Å². The first-order chi connectivity index (χ1) is 12.6. The Bertz CT molecular complexity index is 788. The molecule has 0 saturated heterocycles. The number of hydrogen-bond acceptors (Lipinski definition) is 3. The molecular formula is C23H29NO3. The number of carbonyl (C=O) groups excluding carboxylic acids is 1. The van der Waals surface area contributed by atoms with E-state index in [0.717, 1.165) is 5.57 Å². The Kier molecular flexibility index (Phi) is 6.67. The van der Waals surface area contributed by atoms with Crippen molar-refractivity contribution in [3.05, 3.63) is 66.2 Å². The molecule has 1 unspecified atom stereocenters. The van der Waals surface area contributed by atoms with Crippen LogP contribution in [0.3, 0.4) is 0 Å². The third-order valence-corrected chi connectivity index (χ3v) is 3.99. The number of carbonyl (C=O) groups is 1. The van der Waals surface area contributed by atoms with Crippen molar-refractivity contribution in [1.29, 1.82) is 0 Å². The average molecular weight is 367 g/mol. The zero-order valence-corrected chi connectivity index (χ0v) is 16.8. The number of amides is 1. The van der Waals surface area contributed by atoms with E-state index in [1.165, 1.54) is 5.56 Å². The SMILES string of the molecule is C=C(C)COc1cccc(NC(=O)C(C)Oc2ccc(C(C)(C)C)cc2)c1. The van der Waals surface area contributed by atoms with E-state index in [9.17, 15) is 4.79 Å². The summed E-state index contributed by atoms with van der Waals surface area (Å²) in [6, 6.07) is 15.1. The standard InChI is InChI=1S/C23H29NO3/c1-16(2)15-26-21-9-7-8-19(14-21)24-22(25)17(3)27-20-12-10-18(11-13-20)23(4,5)6/h7-14,17H,1,15H2,2-6H3,(H,24,25). The molecule has 0 saturated carbocycles. The van der Waals surface area contributed by atoms with Crippen molar-refractivity contribution in [3.63, 3.8) is 0 Å². The summed E-state index contributed by atoms with van der Waals surface area (Å²) in [5.74, 6) is 1.14. The summed E-state index contributed by atoms with van der Waals surface area (Å²) >= 11 is 0. The van der Waals surface area contributed by atoms with Crippen LogP contribution in [0.2, 0.25) is 0 Å². The Morgan fingerprint density at radius 2 is 1.78 bits per heavy atom. The number of anilines is 1. The molecule has 4 heteroatoms. The van der Waals surface area contributed by atoms with Crippen LogP contribution in [0, 0.1) is 0 Å². The molecule has 0 heterocycles. The fourth-order valence-electron chi connectivity index (χ4n) is 2.41. The van der Waals surface area contributed by atoms with Crippen LogP contribution in [0.25, 0.3) is 0 Å². The summed E-state index contributed by atoms with van der Waals surface area (Å²) in [4.78, 5) is 12.4. The molecule has 2 aromatic carbocycles. The van der Waals surface area contributed by atoms with Crippen molar-refractivity contribution in [1.82, 2.24) is 0 Å². The van der Waals surface area contributed by atoms with E-state index in [1.54, 1.807) is 13.0 Å². The lowest BCUT2D eigenvalue weighted by Crippen LogP contribution is -2.30. The summed E-state index contributed by atoms with van der Waals surface area (Å²) in [5.41, 5.74) is 2.90. The molecule has 0 spiro atoms. The summed E-state index contributed by atoms with van der Waals surface area (Å²) < 4.78 is 11.4. The van der Waals surface area contributed by atoms with Crippen LogP contribution >= 0.6 is 0 Å². The van der Waals surface area contributed by atoms with Crippen LogP contribution in [-0.2, 0) is 10.2 Å². The maximum atomic E-state index is 12.4. The Hall–Kier alpha value is -2.75. The lowest BCUT2D eigenvalue weighted by atomic mass is 9.87. The molecule has 27 heavy (non-hydrogen) atoms. The van der Waals surface area contributed by atoms with E-state index in [0.29, 0.717) is 23.8 Å². The van der Waals surface area contributed by atoms with Gasteiger partial charge >= 0.3 is 0 Å². The van der Waals surface area contributed by atoms with Gasteiger partial charge in [-0.1, -0.05) is 45.5 Å². The Morgan fingerprint density at radius 1 is 1.11 bits per heavy atom. The van der Waals surface area contributed by atoms with E-state index in [-0.39, 0.29) is 11.3 Å². The predicted octanol–water partition coefficient (Wildman–Crippen LogP) is 5.35. The molecule has 0 bridgehead atoms. The fraction of sp³-hybridized carbons (Fsp3) is 0.348. The van der Waals surface area contributed by atoms with Crippen molar-refractivity contribution in [2.24, 2.45) is 0 Å². The molecule has 144 valence electrons. The second-order valence-corrected chi connectivity index (χ2v) is 7.80. The molecule has 0 aromatic heterocycles. The summed E-state index contributed by atoms with van der Waals surface area (Å²) in [6.07, 6.45) is -0.620. The van der Waals surface area contributed by atoms with Gasteiger partial charge in [0.1, 0.15) is 18.1 Å². The zero-order valence-electron chi connectivity index (χ0n) is 16.8. The second-order valence-electron chi connectivity index (χ2n) is 7.80. The molecule has 0 aliphatic heterocycles. The smallest absolute Gasteiger partial charge is 0.265 e. The van der Waals surface area contributed by atoms with Gasteiger partial charge in [-0.3, -0.25) is 4.79 Å². The van der Waals surface area contributed by atoms with Gasteiger partial charge in [0.05, 0.1) is 0 Å². The first-order valence-electron chi connectivity index (χ1n) is 9.10. The maximum Gasteiger partial charge on any atom is 0.265 e. The molecule has 2 aromatic rings. The Morgan fingerprint density at radius 3 is 2.37 bits per heavy atom. The molecule has 0 fully saturated rings. The predicted molar refractivity (Wildman–Crippen MR) is 111 cm³/mol. The van der Waals surface area contributed by atoms with Gasteiger partial charge in [0.2, 0.25) is 0 Å². The third kappa shape index (κ3) is 6.48. The molecule has 0 radical (unpaired) electrons. The molecule has 0 aliphatic carbocycles. The lowest BCUT2D eigenvalue weighted by molar-refractivity contribution is -0.122. The van der Waals surface area contributed by atoms with Gasteiger partial charge < -0.3 is 14.8 Å². The highest BCUT2D eigenvalue weighted by atomic mass is 16.5. The van der Waals surface area contributed by atoms with Gasteiger partial charge in [0.15, 0.2) is 6.10 Å². The quantitative estimate of drug-likeness (QED) is 0.672. The Labute approximate surface area is 162 Å². The van der Waals surface area contributed by atoms with Crippen LogP contribution < -0.4 is 14.8 Å². The number of hydrogen-bond donors (Lipinski definition) is 1. The average Bonchev–Trinajstić information content (AvgIpc) is 2.60. The van der Waals surface area contributed by atoms with E-state index in [2.05, 4.69) is 32.7 Å². The number of benzene rings is 2. The molecule has 2 rings (SSSR count). The van der Waals surface area contributed by atoms with Crippen LogP contribution in [0.15, 0.2) is 60.7 Å². The van der Waals surface area contributed by atoms with Crippen LogP contribution in [-0.4, -0.2) is 18.6 Å². The highest BCUT2D eigenvalue weighted by Crippen LogP contribution is 2.25. The molecule has 1 atom stereocenters. The minimum absolute atomic E-state index is 0.0821. The van der Waals surface area contributed by atoms with Crippen molar-refractivity contribution in [2.75, 3.05) is 11.9 Å². The number of rotatable bonds is 7. The van der Waals surface area contributed by atoms with E-state index >= 15 is 0 Å². The molecule has 4 nitrogen and oxygen atoms in total. The highest BCUT2D eigenvalue weighted by molar-refractivity contribution is 5.94. The minimum atomic E-state index is -0.620. The third-order valence-electron chi connectivity index (χ3n) is 3.99. The molecular weight excluding hydrogens is 338 g/mol. The summed E-state index contributed by atoms with van der Waals surface area (Å²) in [5, 5.41) is 2.86. The summed E-state index contributed by atoms with van der Waals surface area (Å²) in [7, 11) is 0. The van der Waals surface area contributed by atoms with Gasteiger partial charge in [0, 0.05) is 11.8 Å². The highest BCUT2D eigenvalue weighted by Gasteiger charge is 2.17. The van der Waals surface area contributed by atoms with Gasteiger partial charge in [-0.15, -0.1) is 0 Å². The lowest BCUT2D eigenvalue weighted by Gasteiger charge is -2.20. The van der Waals surface area contributed by atoms with Crippen molar-refractivity contribution in [2.45, 2.75) is 46.1 Å². The van der Waals surface area contributed by atoms with Gasteiger partial charge in [-0.2, -0.15) is 0 Å². The first-order valence-corrected chi connectivity index (χ1v) is 9.10. The van der Waals surface area contributed by atoms with Crippen molar-refractivity contribution < 1.29 is 14.3 Å². The van der Waals surface area contributed by atoms with E-state index in [4.69, 9.17) is 9.47 Å². The first kappa shape index (κ1) is 20.6. The summed E-state index contributed by atoms with van der Waals surface area (Å²) in [6.45, 7) is 14.4. The van der Waals surface area contributed by atoms with Crippen molar-refractivity contribution in [3.8, 4) is 11.5 Å².